The van der Waals surface area contributed by atoms with Crippen LogP contribution in [-0.2, 0) is 17.5 Å². The summed E-state index contributed by atoms with van der Waals surface area (Å²) in [5, 5.41) is 12.8. The monoisotopic (exact) mass is 620 g/mol. The van der Waals surface area contributed by atoms with Crippen LogP contribution in [0.4, 0.5) is 34.3 Å². The lowest BCUT2D eigenvalue weighted by molar-refractivity contribution is -0.139. The van der Waals surface area contributed by atoms with Crippen LogP contribution < -0.4 is 10.2 Å². The lowest BCUT2D eigenvalue weighted by Crippen LogP contribution is -2.36. The van der Waals surface area contributed by atoms with Gasteiger partial charge in [-0.05, 0) is 76.1 Å². The number of halogens is 4. The van der Waals surface area contributed by atoms with Crippen molar-refractivity contribution in [2.45, 2.75) is 71.6 Å². The molecule has 232 valence electrons. The van der Waals surface area contributed by atoms with E-state index in [1.54, 1.807) is 6.92 Å². The Morgan fingerprint density at radius 2 is 1.86 bits per heavy atom. The van der Waals surface area contributed by atoms with Gasteiger partial charge in [-0.1, -0.05) is 18.3 Å². The SMILES string of the molecule is Cc1nc(Nc2nc(-c3cc(F)cc(C(F)(F)F)c3)c(CN3CCC[C@H]3C)s2)cc(N2CCC(C(C)CC(=O)O)CC2)n1. The molecule has 0 radical (unpaired) electrons. The highest BCUT2D eigenvalue weighted by Gasteiger charge is 2.32. The highest BCUT2D eigenvalue weighted by Crippen LogP contribution is 2.39. The minimum atomic E-state index is -4.69. The molecule has 2 N–H and O–H groups in total. The number of anilines is 3. The molecule has 43 heavy (non-hydrogen) atoms. The first-order chi connectivity index (χ1) is 20.4. The number of carboxylic acids is 1. The average Bonchev–Trinajstić information content (AvgIpc) is 3.52. The minimum absolute atomic E-state index is 0.0815. The van der Waals surface area contributed by atoms with E-state index in [9.17, 15) is 22.4 Å². The van der Waals surface area contributed by atoms with Crippen molar-refractivity contribution in [3.63, 3.8) is 0 Å². The Hall–Kier alpha value is -3.32. The van der Waals surface area contributed by atoms with Crippen LogP contribution in [0.1, 0.15) is 62.2 Å². The number of likely N-dealkylation sites (tertiary alicyclic amines) is 1. The number of thiazole rings is 1. The summed E-state index contributed by atoms with van der Waals surface area (Å²) in [5.74, 6) is 0.473. The van der Waals surface area contributed by atoms with E-state index < -0.39 is 23.5 Å². The van der Waals surface area contributed by atoms with E-state index in [4.69, 9.17) is 5.11 Å². The highest BCUT2D eigenvalue weighted by molar-refractivity contribution is 7.16. The summed E-state index contributed by atoms with van der Waals surface area (Å²) in [4.78, 5) is 30.1. The van der Waals surface area contributed by atoms with Gasteiger partial charge in [-0.3, -0.25) is 9.69 Å². The zero-order valence-corrected chi connectivity index (χ0v) is 25.2. The van der Waals surface area contributed by atoms with E-state index in [0.717, 1.165) is 68.1 Å². The number of rotatable bonds is 9. The summed E-state index contributed by atoms with van der Waals surface area (Å²) in [6.45, 7) is 8.75. The number of carbonyl (C=O) groups is 1. The quantitative estimate of drug-likeness (QED) is 0.244. The van der Waals surface area contributed by atoms with Crippen molar-refractivity contribution >= 4 is 34.1 Å². The number of hydrogen-bond donors (Lipinski definition) is 2. The normalized spacial score (nSPS) is 19.1. The van der Waals surface area contributed by atoms with Gasteiger partial charge in [0, 0.05) is 48.6 Å². The number of aromatic nitrogens is 3. The van der Waals surface area contributed by atoms with E-state index in [2.05, 4.69) is 37.0 Å². The third-order valence-electron chi connectivity index (χ3n) is 8.46. The molecule has 2 atom stereocenters. The molecule has 2 aromatic heterocycles. The van der Waals surface area contributed by atoms with Crippen molar-refractivity contribution in [2.75, 3.05) is 29.9 Å². The van der Waals surface area contributed by atoms with Gasteiger partial charge in [0.2, 0.25) is 0 Å². The van der Waals surface area contributed by atoms with Crippen LogP contribution in [0, 0.1) is 24.6 Å². The van der Waals surface area contributed by atoms with Crippen molar-refractivity contribution in [2.24, 2.45) is 11.8 Å². The molecule has 13 heteroatoms. The van der Waals surface area contributed by atoms with Gasteiger partial charge in [0.15, 0.2) is 5.13 Å². The van der Waals surface area contributed by atoms with Gasteiger partial charge >= 0.3 is 12.1 Å². The number of piperidine rings is 1. The van der Waals surface area contributed by atoms with E-state index in [1.165, 1.54) is 11.3 Å². The Balaban J connectivity index is 1.40. The van der Waals surface area contributed by atoms with Crippen LogP contribution in [0.2, 0.25) is 0 Å². The molecular formula is C30H36F4N6O2S. The molecule has 1 unspecified atom stereocenters. The number of alkyl halides is 3. The van der Waals surface area contributed by atoms with Crippen molar-refractivity contribution in [1.29, 1.82) is 0 Å². The zero-order valence-electron chi connectivity index (χ0n) is 24.4. The van der Waals surface area contributed by atoms with Crippen LogP contribution in [0.5, 0.6) is 0 Å². The average molecular weight is 621 g/mol. The number of benzene rings is 1. The predicted octanol–water partition coefficient (Wildman–Crippen LogP) is 7.12. The first kappa shape index (κ1) is 31.1. The van der Waals surface area contributed by atoms with Gasteiger partial charge in [0.05, 0.1) is 11.3 Å². The predicted molar refractivity (Wildman–Crippen MR) is 158 cm³/mol. The molecule has 0 aliphatic carbocycles. The molecule has 0 spiro atoms. The van der Waals surface area contributed by atoms with Crippen LogP contribution in [0.15, 0.2) is 24.3 Å². The summed E-state index contributed by atoms with van der Waals surface area (Å²) < 4.78 is 55.0. The lowest BCUT2D eigenvalue weighted by atomic mass is 9.83. The number of nitrogens with one attached hydrogen (secondary N) is 1. The maximum absolute atomic E-state index is 14.4. The third kappa shape index (κ3) is 7.61. The fourth-order valence-corrected chi connectivity index (χ4v) is 7.08. The molecule has 3 aromatic rings. The Bertz CT molecular complexity index is 1460. The van der Waals surface area contributed by atoms with Gasteiger partial charge in [-0.25, -0.2) is 19.3 Å². The third-order valence-corrected chi connectivity index (χ3v) is 9.41. The fourth-order valence-electron chi connectivity index (χ4n) is 6.07. The molecule has 2 aliphatic heterocycles. The lowest BCUT2D eigenvalue weighted by Gasteiger charge is -2.35. The number of nitrogens with zero attached hydrogens (tertiary/aromatic N) is 5. The first-order valence-electron chi connectivity index (χ1n) is 14.6. The molecule has 8 nitrogen and oxygen atoms in total. The molecule has 5 rings (SSSR count). The van der Waals surface area contributed by atoms with E-state index in [0.29, 0.717) is 47.0 Å². The molecular weight excluding hydrogens is 584 g/mol. The number of hydrogen-bond acceptors (Lipinski definition) is 8. The maximum Gasteiger partial charge on any atom is 0.416 e. The topological polar surface area (TPSA) is 94.5 Å². The number of aliphatic carboxylic acids is 1. The summed E-state index contributed by atoms with van der Waals surface area (Å²) >= 11 is 1.32. The Morgan fingerprint density at radius 1 is 1.12 bits per heavy atom. The second-order valence-electron chi connectivity index (χ2n) is 11.7. The van der Waals surface area contributed by atoms with Crippen LogP contribution in [0.3, 0.4) is 0 Å². The first-order valence-corrected chi connectivity index (χ1v) is 15.4. The summed E-state index contributed by atoms with van der Waals surface area (Å²) in [6, 6.07) is 4.69. The van der Waals surface area contributed by atoms with Crippen molar-refractivity contribution < 1.29 is 27.5 Å². The molecule has 4 heterocycles. The molecule has 1 aromatic carbocycles. The van der Waals surface area contributed by atoms with Gasteiger partial charge in [0.1, 0.15) is 23.3 Å². The largest absolute Gasteiger partial charge is 0.481 e. The second-order valence-corrected chi connectivity index (χ2v) is 12.7. The molecule has 0 bridgehead atoms. The summed E-state index contributed by atoms with van der Waals surface area (Å²) in [6.07, 6.45) is -0.723. The summed E-state index contributed by atoms with van der Waals surface area (Å²) in [5.41, 5.74) is -0.652. The van der Waals surface area contributed by atoms with Gasteiger partial charge in [-0.2, -0.15) is 13.2 Å². The highest BCUT2D eigenvalue weighted by atomic mass is 32.1. The van der Waals surface area contributed by atoms with E-state index in [-0.39, 0.29) is 17.9 Å². The number of aryl methyl sites for hydroxylation is 1. The van der Waals surface area contributed by atoms with Crippen molar-refractivity contribution in [3.8, 4) is 11.3 Å². The van der Waals surface area contributed by atoms with Gasteiger partial charge in [0.25, 0.3) is 0 Å². The molecule has 2 aliphatic rings. The summed E-state index contributed by atoms with van der Waals surface area (Å²) in [7, 11) is 0. The van der Waals surface area contributed by atoms with Gasteiger partial charge < -0.3 is 15.3 Å². The molecule has 0 saturated carbocycles. The molecule has 2 fully saturated rings. The van der Waals surface area contributed by atoms with Crippen LogP contribution >= 0.6 is 11.3 Å². The molecule has 0 amide bonds. The van der Waals surface area contributed by atoms with Crippen molar-refractivity contribution in [1.82, 2.24) is 19.9 Å². The second kappa shape index (κ2) is 12.7. The Labute approximate surface area is 252 Å². The van der Waals surface area contributed by atoms with Crippen LogP contribution in [0.25, 0.3) is 11.3 Å². The van der Waals surface area contributed by atoms with Crippen molar-refractivity contribution in [3.05, 3.63) is 46.3 Å². The maximum atomic E-state index is 14.4. The minimum Gasteiger partial charge on any atom is -0.481 e. The van der Waals surface area contributed by atoms with Gasteiger partial charge in [-0.15, -0.1) is 0 Å². The van der Waals surface area contributed by atoms with Crippen LogP contribution in [-0.4, -0.2) is 56.6 Å². The van der Waals surface area contributed by atoms with E-state index >= 15 is 0 Å². The zero-order chi connectivity index (χ0) is 30.9. The standard InChI is InChI=1S/C30H36F4N6O2S/c1-17(11-27(41)42)20-6-9-39(10-7-20)26-15-25(35-19(3)36-26)37-29-38-28(24(43-29)16-40-8-4-5-18(40)2)21-12-22(30(32,33)34)14-23(31)13-21/h12-15,17-18,20H,4-11,16H2,1-3H3,(H,41,42)(H,35,36,37,38)/t17?,18-/m1/s1. The van der Waals surface area contributed by atoms with E-state index in [1.807, 2.05) is 13.0 Å². The fraction of sp³-hybridized carbons (Fsp3) is 0.533. The molecule has 2 saturated heterocycles. The smallest absolute Gasteiger partial charge is 0.416 e. The Morgan fingerprint density at radius 3 is 2.51 bits per heavy atom. The number of carboxylic acid groups (broad SMARTS) is 1. The Kier molecular flexibility index (Phi) is 9.21.